The zero-order valence-electron chi connectivity index (χ0n) is 21.6. The molecule has 39 heavy (non-hydrogen) atoms. The third-order valence-corrected chi connectivity index (χ3v) is 6.15. The SMILES string of the molecule is O=C(NCCOCCOCCOCCOc1ccc([N+](=O)[O-])cc1)OCC1c2ccccc2-c2ccccc21. The fourth-order valence-electron chi connectivity index (χ4n) is 4.30. The van der Waals surface area contributed by atoms with Crippen molar-refractivity contribution in [3.05, 3.63) is 94.0 Å². The molecule has 0 atom stereocenters. The highest BCUT2D eigenvalue weighted by Crippen LogP contribution is 2.44. The van der Waals surface area contributed by atoms with Crippen molar-refractivity contribution in [2.75, 3.05) is 59.4 Å². The first-order valence-electron chi connectivity index (χ1n) is 12.8. The third kappa shape index (κ3) is 8.25. The van der Waals surface area contributed by atoms with Crippen LogP contribution < -0.4 is 10.1 Å². The normalized spacial score (nSPS) is 12.0. The standard InChI is InChI=1S/C29H32N2O8/c32-29(39-21-28-26-7-3-1-5-24(26)25-6-2-4-8-27(25)28)30-13-14-35-15-16-36-17-18-37-19-20-38-23-11-9-22(10-12-23)31(33)34/h1-12,28H,13-21H2,(H,30,32). The molecule has 10 nitrogen and oxygen atoms in total. The zero-order chi connectivity index (χ0) is 27.3. The Bertz CT molecular complexity index is 1170. The Hall–Kier alpha value is -3.99. The second kappa shape index (κ2) is 14.8. The summed E-state index contributed by atoms with van der Waals surface area (Å²) in [5.41, 5.74) is 4.76. The molecule has 0 aliphatic heterocycles. The predicted molar refractivity (Wildman–Crippen MR) is 144 cm³/mol. The maximum atomic E-state index is 12.2. The lowest BCUT2D eigenvalue weighted by Gasteiger charge is -2.14. The fraction of sp³-hybridized carbons (Fsp3) is 0.345. The first-order chi connectivity index (χ1) is 19.1. The van der Waals surface area contributed by atoms with Crippen LogP contribution in [0.3, 0.4) is 0 Å². The van der Waals surface area contributed by atoms with Gasteiger partial charge in [-0.1, -0.05) is 48.5 Å². The average Bonchev–Trinajstić information content (AvgIpc) is 3.28. The lowest BCUT2D eigenvalue weighted by atomic mass is 9.98. The number of non-ortho nitro benzene ring substituents is 1. The van der Waals surface area contributed by atoms with Crippen LogP contribution in [0.1, 0.15) is 17.0 Å². The van der Waals surface area contributed by atoms with Crippen LogP contribution in [0.25, 0.3) is 11.1 Å². The predicted octanol–water partition coefficient (Wildman–Crippen LogP) is 4.56. The summed E-state index contributed by atoms with van der Waals surface area (Å²) in [7, 11) is 0. The number of alkyl carbamates (subject to hydrolysis) is 1. The van der Waals surface area contributed by atoms with Gasteiger partial charge in [-0.2, -0.15) is 0 Å². The molecule has 0 unspecified atom stereocenters. The molecule has 3 aromatic rings. The van der Waals surface area contributed by atoms with Gasteiger partial charge in [-0.15, -0.1) is 0 Å². The van der Waals surface area contributed by atoms with Gasteiger partial charge in [0.1, 0.15) is 19.0 Å². The third-order valence-electron chi connectivity index (χ3n) is 6.15. The van der Waals surface area contributed by atoms with Crippen LogP contribution in [0.15, 0.2) is 72.8 Å². The number of ether oxygens (including phenoxy) is 5. The monoisotopic (exact) mass is 536 g/mol. The molecule has 0 radical (unpaired) electrons. The van der Waals surface area contributed by atoms with Crippen molar-refractivity contribution >= 4 is 11.8 Å². The summed E-state index contributed by atoms with van der Waals surface area (Å²) in [6.07, 6.45) is -0.466. The number of fused-ring (bicyclic) bond motifs is 3. The molecule has 0 spiro atoms. The molecular formula is C29H32N2O8. The van der Waals surface area contributed by atoms with E-state index in [0.29, 0.717) is 58.5 Å². The van der Waals surface area contributed by atoms with Gasteiger partial charge in [-0.3, -0.25) is 10.1 Å². The Labute approximate surface area is 226 Å². The average molecular weight is 537 g/mol. The van der Waals surface area contributed by atoms with Gasteiger partial charge < -0.3 is 29.0 Å². The molecule has 0 aromatic heterocycles. The number of carbonyl (C=O) groups excluding carboxylic acids is 1. The molecule has 0 saturated heterocycles. The number of nitrogens with zero attached hydrogens (tertiary/aromatic N) is 1. The van der Waals surface area contributed by atoms with E-state index in [0.717, 1.165) is 0 Å². The Kier molecular flexibility index (Phi) is 10.6. The lowest BCUT2D eigenvalue weighted by Crippen LogP contribution is -2.29. The second-order valence-electron chi connectivity index (χ2n) is 8.69. The molecule has 206 valence electrons. The summed E-state index contributed by atoms with van der Waals surface area (Å²) in [5, 5.41) is 13.3. The molecule has 0 bridgehead atoms. The molecule has 1 amide bonds. The number of carbonyl (C=O) groups is 1. The molecule has 1 aliphatic carbocycles. The minimum atomic E-state index is -0.466. The van der Waals surface area contributed by atoms with Gasteiger partial charge in [0.2, 0.25) is 0 Å². The molecule has 1 N–H and O–H groups in total. The highest BCUT2D eigenvalue weighted by atomic mass is 16.6. The minimum absolute atomic E-state index is 0.0200. The van der Waals surface area contributed by atoms with Crippen molar-refractivity contribution in [1.82, 2.24) is 5.32 Å². The summed E-state index contributed by atoms with van der Waals surface area (Å²) in [6.45, 7) is 3.31. The number of benzene rings is 3. The molecule has 0 saturated carbocycles. The second-order valence-corrected chi connectivity index (χ2v) is 8.69. The summed E-state index contributed by atoms with van der Waals surface area (Å²) < 4.78 is 27.3. The van der Waals surface area contributed by atoms with Gasteiger partial charge in [0, 0.05) is 24.6 Å². The Morgan fingerprint density at radius 3 is 1.87 bits per heavy atom. The number of nitro benzene ring substituents is 1. The van der Waals surface area contributed by atoms with E-state index in [1.165, 1.54) is 34.4 Å². The zero-order valence-corrected chi connectivity index (χ0v) is 21.6. The fourth-order valence-corrected chi connectivity index (χ4v) is 4.30. The van der Waals surface area contributed by atoms with Crippen molar-refractivity contribution in [3.8, 4) is 16.9 Å². The number of hydrogen-bond donors (Lipinski definition) is 1. The smallest absolute Gasteiger partial charge is 0.407 e. The number of rotatable bonds is 16. The number of hydrogen-bond acceptors (Lipinski definition) is 8. The largest absolute Gasteiger partial charge is 0.491 e. The highest BCUT2D eigenvalue weighted by molar-refractivity contribution is 5.79. The number of amides is 1. The van der Waals surface area contributed by atoms with E-state index < -0.39 is 11.0 Å². The van der Waals surface area contributed by atoms with E-state index in [1.807, 2.05) is 24.3 Å². The van der Waals surface area contributed by atoms with E-state index in [4.69, 9.17) is 23.7 Å². The van der Waals surface area contributed by atoms with Gasteiger partial charge >= 0.3 is 6.09 Å². The summed E-state index contributed by atoms with van der Waals surface area (Å²) in [6, 6.07) is 22.3. The van der Waals surface area contributed by atoms with Crippen molar-refractivity contribution in [3.63, 3.8) is 0 Å². The van der Waals surface area contributed by atoms with Crippen LogP contribution in [0.2, 0.25) is 0 Å². The molecule has 1 aliphatic rings. The Morgan fingerprint density at radius 1 is 0.744 bits per heavy atom. The molecule has 4 rings (SSSR count). The maximum absolute atomic E-state index is 12.2. The summed E-state index contributed by atoms with van der Waals surface area (Å²) in [5.74, 6) is 0.578. The van der Waals surface area contributed by atoms with Crippen molar-refractivity contribution in [2.24, 2.45) is 0 Å². The van der Waals surface area contributed by atoms with Crippen LogP contribution in [-0.4, -0.2) is 70.4 Å². The van der Waals surface area contributed by atoms with Gasteiger partial charge in [0.25, 0.3) is 5.69 Å². The number of nitro groups is 1. The molecule has 0 heterocycles. The molecular weight excluding hydrogens is 504 g/mol. The Balaban J connectivity index is 0.973. The van der Waals surface area contributed by atoms with Gasteiger partial charge in [-0.05, 0) is 34.4 Å². The highest BCUT2D eigenvalue weighted by Gasteiger charge is 2.28. The van der Waals surface area contributed by atoms with Gasteiger partial charge in [-0.25, -0.2) is 4.79 Å². The van der Waals surface area contributed by atoms with E-state index >= 15 is 0 Å². The first-order valence-corrected chi connectivity index (χ1v) is 12.8. The quantitative estimate of drug-likeness (QED) is 0.161. The molecule has 10 heteroatoms. The van der Waals surface area contributed by atoms with Crippen LogP contribution in [-0.2, 0) is 18.9 Å². The lowest BCUT2D eigenvalue weighted by molar-refractivity contribution is -0.384. The number of nitrogens with one attached hydrogen (secondary N) is 1. The van der Waals surface area contributed by atoms with E-state index in [2.05, 4.69) is 29.6 Å². The van der Waals surface area contributed by atoms with Crippen molar-refractivity contribution < 1.29 is 33.4 Å². The summed E-state index contributed by atoms with van der Waals surface area (Å²) in [4.78, 5) is 22.3. The Morgan fingerprint density at radius 2 is 1.28 bits per heavy atom. The van der Waals surface area contributed by atoms with E-state index in [9.17, 15) is 14.9 Å². The summed E-state index contributed by atoms with van der Waals surface area (Å²) >= 11 is 0. The van der Waals surface area contributed by atoms with Crippen LogP contribution in [0, 0.1) is 10.1 Å². The maximum Gasteiger partial charge on any atom is 0.407 e. The van der Waals surface area contributed by atoms with Crippen LogP contribution in [0.5, 0.6) is 5.75 Å². The van der Waals surface area contributed by atoms with Crippen LogP contribution in [0.4, 0.5) is 10.5 Å². The topological polar surface area (TPSA) is 118 Å². The van der Waals surface area contributed by atoms with E-state index in [-0.39, 0.29) is 18.2 Å². The van der Waals surface area contributed by atoms with Gasteiger partial charge in [0.15, 0.2) is 0 Å². The molecule has 3 aromatic carbocycles. The molecule has 0 fully saturated rings. The minimum Gasteiger partial charge on any atom is -0.491 e. The first kappa shape index (κ1) is 28.0. The van der Waals surface area contributed by atoms with E-state index in [1.54, 1.807) is 12.1 Å². The van der Waals surface area contributed by atoms with Crippen LogP contribution >= 0.6 is 0 Å². The van der Waals surface area contributed by atoms with Crippen molar-refractivity contribution in [1.29, 1.82) is 0 Å². The van der Waals surface area contributed by atoms with Gasteiger partial charge in [0.05, 0.1) is 44.6 Å². The van der Waals surface area contributed by atoms with Crippen molar-refractivity contribution in [2.45, 2.75) is 5.92 Å².